The van der Waals surface area contributed by atoms with Gasteiger partial charge in [0.15, 0.2) is 0 Å². The largest absolute Gasteiger partial charge is 0.422 e. The molecule has 0 spiro atoms. The molecule has 5 nitrogen and oxygen atoms in total. The Kier molecular flexibility index (Phi) is 4.80. The highest BCUT2D eigenvalue weighted by molar-refractivity contribution is 6.30. The molecule has 0 radical (unpaired) electrons. The third-order valence-electron chi connectivity index (χ3n) is 3.11. The summed E-state index contributed by atoms with van der Waals surface area (Å²) in [6.45, 7) is 3.50. The minimum absolute atomic E-state index is 0.357. The van der Waals surface area contributed by atoms with Crippen molar-refractivity contribution in [3.8, 4) is 5.75 Å². The molecule has 0 atom stereocenters. The van der Waals surface area contributed by atoms with Crippen LogP contribution in [-0.2, 0) is 0 Å². The molecule has 0 fully saturated rings. The van der Waals surface area contributed by atoms with Crippen LogP contribution < -0.4 is 16.0 Å². The molecule has 0 aromatic heterocycles. The molecule has 0 heterocycles. The van der Waals surface area contributed by atoms with E-state index in [1.165, 1.54) is 6.07 Å². The van der Waals surface area contributed by atoms with Crippen LogP contribution in [0, 0.1) is 13.8 Å². The number of aryl methyl sites for hydroxylation is 2. The second-order valence-corrected chi connectivity index (χ2v) is 5.25. The SMILES string of the molecule is Cc1cc(C(=O)NN)cc(C)c1OC(=O)c1cccc(Cl)c1. The number of rotatable bonds is 3. The van der Waals surface area contributed by atoms with Crippen LogP contribution in [0.2, 0.25) is 5.02 Å². The van der Waals surface area contributed by atoms with Crippen LogP contribution in [0.5, 0.6) is 5.75 Å². The molecule has 3 N–H and O–H groups in total. The molecule has 0 unspecified atom stereocenters. The van der Waals surface area contributed by atoms with Gasteiger partial charge in [-0.15, -0.1) is 0 Å². The number of hydrogen-bond acceptors (Lipinski definition) is 4. The lowest BCUT2D eigenvalue weighted by molar-refractivity contribution is 0.0732. The summed E-state index contributed by atoms with van der Waals surface area (Å²) in [5.41, 5.74) is 4.15. The van der Waals surface area contributed by atoms with Gasteiger partial charge in [0.1, 0.15) is 5.75 Å². The van der Waals surface area contributed by atoms with Gasteiger partial charge in [0.25, 0.3) is 5.91 Å². The number of benzene rings is 2. The average Bonchev–Trinajstić information content (AvgIpc) is 2.49. The number of hydrogen-bond donors (Lipinski definition) is 2. The molecule has 0 bridgehead atoms. The van der Waals surface area contributed by atoms with Gasteiger partial charge in [-0.25, -0.2) is 10.6 Å². The van der Waals surface area contributed by atoms with E-state index in [9.17, 15) is 9.59 Å². The van der Waals surface area contributed by atoms with Gasteiger partial charge in [-0.3, -0.25) is 10.2 Å². The van der Waals surface area contributed by atoms with Gasteiger partial charge in [-0.05, 0) is 55.3 Å². The monoisotopic (exact) mass is 318 g/mol. The fourth-order valence-electron chi connectivity index (χ4n) is 2.09. The summed E-state index contributed by atoms with van der Waals surface area (Å²) in [5, 5.41) is 0.456. The van der Waals surface area contributed by atoms with Crippen molar-refractivity contribution in [1.82, 2.24) is 5.43 Å². The summed E-state index contributed by atoms with van der Waals surface area (Å²) in [6, 6.07) is 9.72. The maximum absolute atomic E-state index is 12.2. The van der Waals surface area contributed by atoms with Crippen molar-refractivity contribution in [2.24, 2.45) is 5.84 Å². The van der Waals surface area contributed by atoms with E-state index in [1.54, 1.807) is 44.2 Å². The molecule has 0 aliphatic rings. The van der Waals surface area contributed by atoms with Crippen LogP contribution in [0.1, 0.15) is 31.8 Å². The van der Waals surface area contributed by atoms with Crippen LogP contribution in [0.25, 0.3) is 0 Å². The predicted octanol–water partition coefficient (Wildman–Crippen LogP) is 2.78. The van der Waals surface area contributed by atoms with Crippen molar-refractivity contribution in [2.75, 3.05) is 0 Å². The first kappa shape index (κ1) is 16.0. The van der Waals surface area contributed by atoms with E-state index in [0.29, 0.717) is 33.0 Å². The molecule has 22 heavy (non-hydrogen) atoms. The Morgan fingerprint density at radius 3 is 2.27 bits per heavy atom. The molecule has 0 aliphatic carbocycles. The third kappa shape index (κ3) is 3.44. The van der Waals surface area contributed by atoms with E-state index < -0.39 is 11.9 Å². The van der Waals surface area contributed by atoms with Crippen molar-refractivity contribution in [3.05, 3.63) is 63.7 Å². The molecule has 2 aromatic rings. The quantitative estimate of drug-likeness (QED) is 0.300. The van der Waals surface area contributed by atoms with Crippen molar-refractivity contribution < 1.29 is 14.3 Å². The minimum Gasteiger partial charge on any atom is -0.422 e. The summed E-state index contributed by atoms with van der Waals surface area (Å²) in [4.78, 5) is 23.7. The Labute approximate surface area is 133 Å². The van der Waals surface area contributed by atoms with E-state index in [4.69, 9.17) is 22.2 Å². The smallest absolute Gasteiger partial charge is 0.343 e. The molecule has 0 saturated heterocycles. The number of nitrogen functional groups attached to an aromatic ring is 1. The second kappa shape index (κ2) is 6.60. The molecule has 1 amide bonds. The Bertz CT molecular complexity index is 721. The normalized spacial score (nSPS) is 10.2. The first-order valence-corrected chi connectivity index (χ1v) is 6.90. The number of amides is 1. The standard InChI is InChI=1S/C16H15ClN2O3/c1-9-6-12(15(20)19-18)7-10(2)14(9)22-16(21)11-4-3-5-13(17)8-11/h3-8H,18H2,1-2H3,(H,19,20). The van der Waals surface area contributed by atoms with E-state index in [2.05, 4.69) is 5.43 Å². The van der Waals surface area contributed by atoms with Crippen LogP contribution in [0.15, 0.2) is 36.4 Å². The van der Waals surface area contributed by atoms with Gasteiger partial charge in [0, 0.05) is 10.6 Å². The van der Waals surface area contributed by atoms with Gasteiger partial charge in [-0.2, -0.15) is 0 Å². The third-order valence-corrected chi connectivity index (χ3v) is 3.34. The number of carbonyl (C=O) groups excluding carboxylic acids is 2. The number of carbonyl (C=O) groups is 2. The molecular formula is C16H15ClN2O3. The van der Waals surface area contributed by atoms with Gasteiger partial charge < -0.3 is 4.74 Å². The zero-order chi connectivity index (χ0) is 16.3. The lowest BCUT2D eigenvalue weighted by Crippen LogP contribution is -2.30. The Hall–Kier alpha value is -2.37. The molecular weight excluding hydrogens is 304 g/mol. The van der Waals surface area contributed by atoms with E-state index >= 15 is 0 Å². The van der Waals surface area contributed by atoms with Crippen molar-refractivity contribution >= 4 is 23.5 Å². The zero-order valence-corrected chi connectivity index (χ0v) is 12.9. The highest BCUT2D eigenvalue weighted by Crippen LogP contribution is 2.26. The lowest BCUT2D eigenvalue weighted by Gasteiger charge is -2.12. The van der Waals surface area contributed by atoms with E-state index in [0.717, 1.165) is 0 Å². The molecule has 2 aromatic carbocycles. The number of hydrazine groups is 1. The van der Waals surface area contributed by atoms with E-state index in [-0.39, 0.29) is 0 Å². The Balaban J connectivity index is 2.30. The van der Waals surface area contributed by atoms with Crippen molar-refractivity contribution in [1.29, 1.82) is 0 Å². The Morgan fingerprint density at radius 1 is 1.09 bits per heavy atom. The summed E-state index contributed by atoms with van der Waals surface area (Å²) in [5.74, 6) is 4.62. The maximum atomic E-state index is 12.2. The van der Waals surface area contributed by atoms with Gasteiger partial charge in [-0.1, -0.05) is 17.7 Å². The van der Waals surface area contributed by atoms with Crippen molar-refractivity contribution in [2.45, 2.75) is 13.8 Å². The maximum Gasteiger partial charge on any atom is 0.343 e. The van der Waals surface area contributed by atoms with Gasteiger partial charge in [0.05, 0.1) is 5.56 Å². The fourth-order valence-corrected chi connectivity index (χ4v) is 2.28. The topological polar surface area (TPSA) is 81.4 Å². The summed E-state index contributed by atoms with van der Waals surface area (Å²) < 4.78 is 5.42. The summed E-state index contributed by atoms with van der Waals surface area (Å²) in [7, 11) is 0. The summed E-state index contributed by atoms with van der Waals surface area (Å²) in [6.07, 6.45) is 0. The molecule has 2 rings (SSSR count). The number of halogens is 1. The number of ether oxygens (including phenoxy) is 1. The zero-order valence-electron chi connectivity index (χ0n) is 12.1. The van der Waals surface area contributed by atoms with Crippen LogP contribution in [0.3, 0.4) is 0 Å². The summed E-state index contributed by atoms with van der Waals surface area (Å²) >= 11 is 5.86. The molecule has 114 valence electrons. The van der Waals surface area contributed by atoms with Gasteiger partial charge in [0.2, 0.25) is 0 Å². The average molecular weight is 319 g/mol. The Morgan fingerprint density at radius 2 is 1.73 bits per heavy atom. The van der Waals surface area contributed by atoms with Crippen LogP contribution >= 0.6 is 11.6 Å². The molecule has 0 aliphatic heterocycles. The van der Waals surface area contributed by atoms with E-state index in [1.807, 2.05) is 0 Å². The fraction of sp³-hybridized carbons (Fsp3) is 0.125. The number of esters is 1. The first-order chi connectivity index (χ1) is 10.4. The first-order valence-electron chi connectivity index (χ1n) is 6.52. The second-order valence-electron chi connectivity index (χ2n) is 4.81. The minimum atomic E-state index is -0.510. The molecule has 0 saturated carbocycles. The van der Waals surface area contributed by atoms with Crippen molar-refractivity contribution in [3.63, 3.8) is 0 Å². The molecule has 6 heteroatoms. The number of nitrogens with one attached hydrogen (secondary N) is 1. The van der Waals surface area contributed by atoms with Gasteiger partial charge >= 0.3 is 5.97 Å². The lowest BCUT2D eigenvalue weighted by atomic mass is 10.1. The highest BCUT2D eigenvalue weighted by atomic mass is 35.5. The van der Waals surface area contributed by atoms with Crippen LogP contribution in [0.4, 0.5) is 0 Å². The van der Waals surface area contributed by atoms with Crippen LogP contribution in [-0.4, -0.2) is 11.9 Å². The number of nitrogens with two attached hydrogens (primary N) is 1. The predicted molar refractivity (Wildman–Crippen MR) is 84.0 cm³/mol. The highest BCUT2D eigenvalue weighted by Gasteiger charge is 2.15.